The van der Waals surface area contributed by atoms with Crippen molar-refractivity contribution in [3.8, 4) is 0 Å². The molecule has 1 aromatic rings. The lowest BCUT2D eigenvalue weighted by molar-refractivity contribution is 0.542. The number of hydrogen-bond acceptors (Lipinski definition) is 3. The minimum atomic E-state index is -3.12. The third-order valence-corrected chi connectivity index (χ3v) is 5.51. The molecule has 0 aliphatic rings. The summed E-state index contributed by atoms with van der Waals surface area (Å²) in [5.74, 6) is 0.122. The van der Waals surface area contributed by atoms with Gasteiger partial charge in [-0.3, -0.25) is 0 Å². The van der Waals surface area contributed by atoms with Crippen molar-refractivity contribution in [2.24, 2.45) is 0 Å². The molecule has 1 unspecified atom stereocenters. The molecule has 1 N–H and O–H groups in total. The van der Waals surface area contributed by atoms with Crippen LogP contribution in [-0.2, 0) is 9.84 Å². The highest BCUT2D eigenvalue weighted by Gasteiger charge is 2.31. The van der Waals surface area contributed by atoms with Crippen LogP contribution >= 0.6 is 0 Å². The van der Waals surface area contributed by atoms with Crippen molar-refractivity contribution in [1.82, 2.24) is 5.32 Å². The molecule has 0 aliphatic heterocycles. The van der Waals surface area contributed by atoms with E-state index in [1.807, 2.05) is 30.3 Å². The van der Waals surface area contributed by atoms with Crippen LogP contribution in [0.1, 0.15) is 32.4 Å². The zero-order valence-corrected chi connectivity index (χ0v) is 11.7. The van der Waals surface area contributed by atoms with Gasteiger partial charge < -0.3 is 5.32 Å². The molecule has 96 valence electrons. The Morgan fingerprint density at radius 1 is 1.18 bits per heavy atom. The van der Waals surface area contributed by atoms with Crippen LogP contribution in [0.15, 0.2) is 30.3 Å². The lowest BCUT2D eigenvalue weighted by atomic mass is 10.1. The van der Waals surface area contributed by atoms with Gasteiger partial charge in [0.25, 0.3) is 0 Å². The van der Waals surface area contributed by atoms with E-state index < -0.39 is 14.6 Å². The van der Waals surface area contributed by atoms with E-state index in [0.29, 0.717) is 0 Å². The summed E-state index contributed by atoms with van der Waals surface area (Å²) in [5.41, 5.74) is 1.00. The molecule has 3 nitrogen and oxygen atoms in total. The molecule has 0 bridgehead atoms. The van der Waals surface area contributed by atoms with Crippen LogP contribution in [0.4, 0.5) is 0 Å². The number of benzene rings is 1. The maximum Gasteiger partial charge on any atom is 0.157 e. The predicted octanol–water partition coefficient (Wildman–Crippen LogP) is 2.16. The molecule has 1 atom stereocenters. The van der Waals surface area contributed by atoms with E-state index in [1.165, 1.54) is 0 Å². The van der Waals surface area contributed by atoms with E-state index in [-0.39, 0.29) is 11.8 Å². The van der Waals surface area contributed by atoms with Crippen LogP contribution < -0.4 is 5.32 Å². The van der Waals surface area contributed by atoms with Gasteiger partial charge in [0.05, 0.1) is 10.5 Å². The number of sulfone groups is 1. The van der Waals surface area contributed by atoms with E-state index in [9.17, 15) is 8.42 Å². The Morgan fingerprint density at radius 2 is 1.71 bits per heavy atom. The number of rotatable bonds is 4. The molecule has 0 fully saturated rings. The normalized spacial score (nSPS) is 14.6. The van der Waals surface area contributed by atoms with Crippen LogP contribution in [0.25, 0.3) is 0 Å². The average Bonchev–Trinajstić information content (AvgIpc) is 2.25. The largest absolute Gasteiger partial charge is 0.312 e. The highest BCUT2D eigenvalue weighted by atomic mass is 32.2. The van der Waals surface area contributed by atoms with E-state index in [0.717, 1.165) is 5.56 Å². The quantitative estimate of drug-likeness (QED) is 0.897. The molecule has 0 radical (unpaired) electrons. The minimum absolute atomic E-state index is 0.122. The molecular formula is C13H21NO2S. The SMILES string of the molecule is CNC(CS(=O)(=O)C(C)(C)C)c1ccccc1. The van der Waals surface area contributed by atoms with Gasteiger partial charge in [0.15, 0.2) is 9.84 Å². The third-order valence-electron chi connectivity index (χ3n) is 2.87. The molecule has 0 saturated heterocycles. The fourth-order valence-corrected chi connectivity index (χ4v) is 2.80. The molecule has 0 aromatic heterocycles. The second kappa shape index (κ2) is 5.19. The van der Waals surface area contributed by atoms with Crippen molar-refractivity contribution >= 4 is 9.84 Å². The standard InChI is InChI=1S/C13H21NO2S/c1-13(2,3)17(15,16)10-12(14-4)11-8-6-5-7-9-11/h5-9,12,14H,10H2,1-4H3. The highest BCUT2D eigenvalue weighted by molar-refractivity contribution is 7.92. The Hall–Kier alpha value is -0.870. The van der Waals surface area contributed by atoms with E-state index >= 15 is 0 Å². The Kier molecular flexibility index (Phi) is 4.33. The third kappa shape index (κ3) is 3.54. The summed E-state index contributed by atoms with van der Waals surface area (Å²) in [7, 11) is -1.33. The van der Waals surface area contributed by atoms with Crippen LogP contribution in [0.2, 0.25) is 0 Å². The Morgan fingerprint density at radius 3 is 2.12 bits per heavy atom. The molecule has 0 spiro atoms. The zero-order chi connectivity index (χ0) is 13.1. The van der Waals surface area contributed by atoms with Gasteiger partial charge in [0.1, 0.15) is 0 Å². The Bertz CT molecular complexity index is 446. The second-order valence-corrected chi connectivity index (χ2v) is 7.93. The van der Waals surface area contributed by atoms with Gasteiger partial charge in [0.2, 0.25) is 0 Å². The van der Waals surface area contributed by atoms with Crippen molar-refractivity contribution < 1.29 is 8.42 Å². The summed E-state index contributed by atoms with van der Waals surface area (Å²) in [6.45, 7) is 5.21. The molecular weight excluding hydrogens is 234 g/mol. The zero-order valence-electron chi connectivity index (χ0n) is 10.9. The van der Waals surface area contributed by atoms with Gasteiger partial charge in [-0.2, -0.15) is 0 Å². The molecule has 17 heavy (non-hydrogen) atoms. The minimum Gasteiger partial charge on any atom is -0.312 e. The summed E-state index contributed by atoms with van der Waals surface area (Å²) in [6.07, 6.45) is 0. The van der Waals surface area contributed by atoms with Crippen molar-refractivity contribution in [3.05, 3.63) is 35.9 Å². The van der Waals surface area contributed by atoms with Crippen LogP contribution in [0.3, 0.4) is 0 Å². The lowest BCUT2D eigenvalue weighted by Crippen LogP contribution is -2.35. The summed E-state index contributed by atoms with van der Waals surface area (Å²) in [5, 5.41) is 3.07. The second-order valence-electron chi connectivity index (χ2n) is 5.15. The van der Waals surface area contributed by atoms with Gasteiger partial charge in [0, 0.05) is 6.04 Å². The van der Waals surface area contributed by atoms with Crippen LogP contribution in [0.5, 0.6) is 0 Å². The summed E-state index contributed by atoms with van der Waals surface area (Å²) in [6, 6.07) is 9.50. The number of nitrogens with one attached hydrogen (secondary N) is 1. The van der Waals surface area contributed by atoms with Crippen molar-refractivity contribution in [2.75, 3.05) is 12.8 Å². The average molecular weight is 255 g/mol. The Labute approximate surface area is 104 Å². The first kappa shape index (κ1) is 14.2. The van der Waals surface area contributed by atoms with E-state index in [1.54, 1.807) is 27.8 Å². The van der Waals surface area contributed by atoms with Crippen molar-refractivity contribution in [2.45, 2.75) is 31.6 Å². The summed E-state index contributed by atoms with van der Waals surface area (Å²) >= 11 is 0. The van der Waals surface area contributed by atoms with Crippen LogP contribution in [0, 0.1) is 0 Å². The fourth-order valence-electron chi connectivity index (χ4n) is 1.50. The Balaban J connectivity index is 2.94. The topological polar surface area (TPSA) is 46.2 Å². The van der Waals surface area contributed by atoms with Crippen molar-refractivity contribution in [1.29, 1.82) is 0 Å². The molecule has 1 aromatic carbocycles. The van der Waals surface area contributed by atoms with Crippen molar-refractivity contribution in [3.63, 3.8) is 0 Å². The van der Waals surface area contributed by atoms with E-state index in [4.69, 9.17) is 0 Å². The molecule has 1 rings (SSSR count). The summed E-state index contributed by atoms with van der Waals surface area (Å²) in [4.78, 5) is 0. The van der Waals surface area contributed by atoms with Crippen LogP contribution in [-0.4, -0.2) is 26.0 Å². The molecule has 0 saturated carbocycles. The maximum absolute atomic E-state index is 12.2. The lowest BCUT2D eigenvalue weighted by Gasteiger charge is -2.24. The van der Waals surface area contributed by atoms with Gasteiger partial charge in [-0.1, -0.05) is 30.3 Å². The fraction of sp³-hybridized carbons (Fsp3) is 0.538. The van der Waals surface area contributed by atoms with E-state index in [2.05, 4.69) is 5.32 Å². The van der Waals surface area contributed by atoms with Gasteiger partial charge in [-0.05, 0) is 33.4 Å². The van der Waals surface area contributed by atoms with Gasteiger partial charge in [-0.25, -0.2) is 8.42 Å². The monoisotopic (exact) mass is 255 g/mol. The number of hydrogen-bond donors (Lipinski definition) is 1. The molecule has 0 aliphatic carbocycles. The molecule has 0 heterocycles. The van der Waals surface area contributed by atoms with Gasteiger partial charge in [-0.15, -0.1) is 0 Å². The summed E-state index contributed by atoms with van der Waals surface area (Å²) < 4.78 is 23.6. The first-order chi connectivity index (χ1) is 7.78. The molecule has 0 amide bonds. The molecule has 4 heteroatoms. The maximum atomic E-state index is 12.2. The smallest absolute Gasteiger partial charge is 0.157 e. The first-order valence-corrected chi connectivity index (χ1v) is 7.37. The van der Waals surface area contributed by atoms with Gasteiger partial charge >= 0.3 is 0 Å². The first-order valence-electron chi connectivity index (χ1n) is 5.72. The predicted molar refractivity (Wildman–Crippen MR) is 71.8 cm³/mol. The highest BCUT2D eigenvalue weighted by Crippen LogP contribution is 2.22.